The quantitative estimate of drug-likeness (QED) is 0.361. The highest BCUT2D eigenvalue weighted by molar-refractivity contribution is 5.80. The molecule has 0 heterocycles. The lowest BCUT2D eigenvalue weighted by Gasteiger charge is -2.24. The van der Waals surface area contributed by atoms with Crippen LogP contribution in [0.25, 0.3) is 0 Å². The van der Waals surface area contributed by atoms with Gasteiger partial charge in [0.2, 0.25) is 5.91 Å². The topological polar surface area (TPSA) is 65.5 Å². The van der Waals surface area contributed by atoms with E-state index in [-0.39, 0.29) is 11.8 Å². The lowest BCUT2D eigenvalue weighted by Crippen LogP contribution is -2.40. The minimum absolute atomic E-state index is 0.226. The molecule has 1 aliphatic carbocycles. The van der Waals surface area contributed by atoms with Gasteiger partial charge in [-0.15, -0.1) is 0 Å². The first-order valence-corrected chi connectivity index (χ1v) is 9.96. The summed E-state index contributed by atoms with van der Waals surface area (Å²) < 4.78 is 0. The number of nitrogens with zero attached hydrogens (tertiary/aromatic N) is 1. The number of benzene rings is 1. The molecule has 144 valence electrons. The predicted octanol–water partition coefficient (Wildman–Crippen LogP) is 2.96. The lowest BCUT2D eigenvalue weighted by atomic mass is 9.85. The summed E-state index contributed by atoms with van der Waals surface area (Å²) in [4.78, 5) is 16.5. The zero-order chi connectivity index (χ0) is 18.8. The number of guanidine groups is 1. The van der Waals surface area contributed by atoms with Gasteiger partial charge < -0.3 is 16.0 Å². The Bertz CT molecular complexity index is 578. The number of aryl methyl sites for hydroxylation is 1. The molecule has 1 fully saturated rings. The van der Waals surface area contributed by atoms with E-state index < -0.39 is 0 Å². The molecule has 1 aliphatic rings. The highest BCUT2D eigenvalue weighted by Crippen LogP contribution is 2.26. The fourth-order valence-electron chi connectivity index (χ4n) is 2.89. The molecule has 1 atom stereocenters. The van der Waals surface area contributed by atoms with E-state index in [9.17, 15) is 4.79 Å². The molecule has 1 aromatic rings. The van der Waals surface area contributed by atoms with Crippen LogP contribution in [0.5, 0.6) is 0 Å². The van der Waals surface area contributed by atoms with E-state index in [1.807, 2.05) is 0 Å². The Morgan fingerprint density at radius 2 is 1.85 bits per heavy atom. The van der Waals surface area contributed by atoms with Gasteiger partial charge in [0, 0.05) is 38.0 Å². The molecule has 0 spiro atoms. The summed E-state index contributed by atoms with van der Waals surface area (Å²) in [5.74, 6) is 1.72. The zero-order valence-electron chi connectivity index (χ0n) is 16.5. The largest absolute Gasteiger partial charge is 0.357 e. The number of nitrogens with one attached hydrogen (secondary N) is 3. The van der Waals surface area contributed by atoms with Gasteiger partial charge in [0.25, 0.3) is 0 Å². The van der Waals surface area contributed by atoms with Crippen LogP contribution in [-0.2, 0) is 4.79 Å². The Morgan fingerprint density at radius 1 is 1.15 bits per heavy atom. The molecule has 5 heteroatoms. The molecule has 1 aromatic carbocycles. The third kappa shape index (κ3) is 6.70. The maximum atomic E-state index is 11.8. The number of carbonyl (C=O) groups is 1. The number of aliphatic imine (C=N–C) groups is 1. The van der Waals surface area contributed by atoms with Crippen LogP contribution < -0.4 is 16.0 Å². The van der Waals surface area contributed by atoms with Crippen molar-refractivity contribution in [3.63, 3.8) is 0 Å². The van der Waals surface area contributed by atoms with Gasteiger partial charge in [0.1, 0.15) is 0 Å². The molecule has 0 radical (unpaired) electrons. The first-order chi connectivity index (χ1) is 12.6. The van der Waals surface area contributed by atoms with Crippen LogP contribution in [0.15, 0.2) is 29.3 Å². The van der Waals surface area contributed by atoms with Gasteiger partial charge in [-0.2, -0.15) is 0 Å². The first-order valence-electron chi connectivity index (χ1n) is 9.96. The maximum Gasteiger partial charge on any atom is 0.223 e. The molecule has 3 N–H and O–H groups in total. The number of rotatable bonds is 9. The molecule has 26 heavy (non-hydrogen) atoms. The maximum absolute atomic E-state index is 11.8. The van der Waals surface area contributed by atoms with E-state index in [0.29, 0.717) is 5.92 Å². The molecule has 5 nitrogen and oxygen atoms in total. The molecular formula is C21H34N4O. The summed E-state index contributed by atoms with van der Waals surface area (Å²) in [5, 5.41) is 9.67. The second kappa shape index (κ2) is 10.8. The Labute approximate surface area is 158 Å². The van der Waals surface area contributed by atoms with Crippen molar-refractivity contribution in [2.24, 2.45) is 10.9 Å². The standard InChI is InChI=1S/C21H34N4O/c1-4-22-21(24-14-6-13-23-20(26)19-7-5-8-19)25-15-17(3)18-11-9-16(2)10-12-18/h9-12,17,19H,4-8,13-15H2,1-3H3,(H,23,26)(H2,22,24,25). The zero-order valence-corrected chi connectivity index (χ0v) is 16.5. The van der Waals surface area contributed by atoms with E-state index >= 15 is 0 Å². The molecule has 1 saturated carbocycles. The fourth-order valence-corrected chi connectivity index (χ4v) is 2.89. The number of hydrogen-bond donors (Lipinski definition) is 3. The van der Waals surface area contributed by atoms with Crippen LogP contribution in [0.1, 0.15) is 56.6 Å². The van der Waals surface area contributed by atoms with Gasteiger partial charge in [-0.1, -0.05) is 43.2 Å². The molecule has 1 unspecified atom stereocenters. The molecule has 0 bridgehead atoms. The molecule has 0 aromatic heterocycles. The Hall–Kier alpha value is -2.04. The molecule has 1 amide bonds. The summed E-state index contributed by atoms with van der Waals surface area (Å²) >= 11 is 0. The molecule has 0 aliphatic heterocycles. The third-order valence-corrected chi connectivity index (χ3v) is 4.94. The lowest BCUT2D eigenvalue weighted by molar-refractivity contribution is -0.127. The van der Waals surface area contributed by atoms with E-state index in [2.05, 4.69) is 61.0 Å². The highest BCUT2D eigenvalue weighted by atomic mass is 16.1. The minimum atomic E-state index is 0.226. The van der Waals surface area contributed by atoms with E-state index in [1.165, 1.54) is 17.5 Å². The summed E-state index contributed by atoms with van der Waals surface area (Å²) in [7, 11) is 0. The molecule has 0 saturated heterocycles. The average Bonchev–Trinajstić information content (AvgIpc) is 2.58. The van der Waals surface area contributed by atoms with Gasteiger partial charge in [-0.3, -0.25) is 9.79 Å². The Kier molecular flexibility index (Phi) is 8.45. The normalized spacial score (nSPS) is 15.9. The molecule has 2 rings (SSSR count). The van der Waals surface area contributed by atoms with Gasteiger partial charge >= 0.3 is 0 Å². The number of carbonyl (C=O) groups excluding carboxylic acids is 1. The first kappa shape index (κ1) is 20.3. The average molecular weight is 359 g/mol. The van der Waals surface area contributed by atoms with Crippen molar-refractivity contribution in [1.29, 1.82) is 0 Å². The van der Waals surface area contributed by atoms with Crippen LogP contribution >= 0.6 is 0 Å². The van der Waals surface area contributed by atoms with Crippen LogP contribution in [-0.4, -0.2) is 38.0 Å². The van der Waals surface area contributed by atoms with Crippen LogP contribution in [0.2, 0.25) is 0 Å². The fraction of sp³-hybridized carbons (Fsp3) is 0.619. The van der Waals surface area contributed by atoms with Gasteiger partial charge in [0.15, 0.2) is 5.96 Å². The van der Waals surface area contributed by atoms with Crippen molar-refractivity contribution in [3.05, 3.63) is 35.4 Å². The SMILES string of the molecule is CCNC(=NCC(C)c1ccc(C)cc1)NCCCNC(=O)C1CCC1. The van der Waals surface area contributed by atoms with Crippen molar-refractivity contribution in [1.82, 2.24) is 16.0 Å². The van der Waals surface area contributed by atoms with Crippen LogP contribution in [0.4, 0.5) is 0 Å². The van der Waals surface area contributed by atoms with Crippen LogP contribution in [0.3, 0.4) is 0 Å². The summed E-state index contributed by atoms with van der Waals surface area (Å²) in [6, 6.07) is 8.66. The summed E-state index contributed by atoms with van der Waals surface area (Å²) in [5.41, 5.74) is 2.60. The third-order valence-electron chi connectivity index (χ3n) is 4.94. The van der Waals surface area contributed by atoms with E-state index in [4.69, 9.17) is 4.99 Å². The minimum Gasteiger partial charge on any atom is -0.357 e. The van der Waals surface area contributed by atoms with Crippen molar-refractivity contribution in [2.45, 2.75) is 52.4 Å². The van der Waals surface area contributed by atoms with Crippen LogP contribution in [0, 0.1) is 12.8 Å². The predicted molar refractivity (Wildman–Crippen MR) is 109 cm³/mol. The second-order valence-electron chi connectivity index (χ2n) is 7.23. The number of hydrogen-bond acceptors (Lipinski definition) is 2. The van der Waals surface area contributed by atoms with Crippen molar-refractivity contribution >= 4 is 11.9 Å². The summed E-state index contributed by atoms with van der Waals surface area (Å²) in [6.07, 6.45) is 4.21. The van der Waals surface area contributed by atoms with Gasteiger partial charge in [0.05, 0.1) is 0 Å². The Balaban J connectivity index is 1.69. The smallest absolute Gasteiger partial charge is 0.223 e. The monoisotopic (exact) mass is 358 g/mol. The van der Waals surface area contributed by atoms with Crippen molar-refractivity contribution in [2.75, 3.05) is 26.2 Å². The van der Waals surface area contributed by atoms with Gasteiger partial charge in [-0.05, 0) is 38.7 Å². The number of amides is 1. The van der Waals surface area contributed by atoms with Gasteiger partial charge in [-0.25, -0.2) is 0 Å². The van der Waals surface area contributed by atoms with E-state index in [0.717, 1.165) is 51.4 Å². The van der Waals surface area contributed by atoms with Crippen molar-refractivity contribution in [3.8, 4) is 0 Å². The Morgan fingerprint density at radius 3 is 2.46 bits per heavy atom. The van der Waals surface area contributed by atoms with Crippen molar-refractivity contribution < 1.29 is 4.79 Å². The summed E-state index contributed by atoms with van der Waals surface area (Å²) in [6.45, 7) is 9.48. The second-order valence-corrected chi connectivity index (χ2v) is 7.23. The van der Waals surface area contributed by atoms with E-state index in [1.54, 1.807) is 0 Å². The highest BCUT2D eigenvalue weighted by Gasteiger charge is 2.24. The molecular weight excluding hydrogens is 324 g/mol.